The molecule has 27 rings (SSSR count). The van der Waals surface area contributed by atoms with Gasteiger partial charge in [0, 0.05) is 145 Å². The number of fused-ring (bicyclic) bond motifs is 16. The van der Waals surface area contributed by atoms with Gasteiger partial charge in [-0.25, -0.2) is 34.9 Å². The minimum Gasteiger partial charge on any atom is -0.495 e. The Hall–Kier alpha value is -17.5. The fraction of sp³-hybridized carbons (Fsp3) is 0.0630. The van der Waals surface area contributed by atoms with E-state index in [1.165, 1.54) is 10.8 Å². The highest BCUT2D eigenvalue weighted by atomic mass is 79.9. The van der Waals surface area contributed by atoms with Crippen LogP contribution in [-0.4, -0.2) is 91.0 Å². The number of benzene rings is 14. The monoisotopic (exact) mass is 2030 g/mol. The first-order valence-electron chi connectivity index (χ1n) is 48.3. The Morgan fingerprint density at radius 3 is 0.932 bits per heavy atom. The number of methoxy groups -OCH3 is 1. The van der Waals surface area contributed by atoms with E-state index < -0.39 is 0 Å². The van der Waals surface area contributed by atoms with E-state index in [0.29, 0.717) is 11.4 Å². The quantitative estimate of drug-likeness (QED) is 0.0550. The first-order chi connectivity index (χ1) is 71.7. The molecule has 12 aromatic heterocycles. The number of pyridine rings is 12. The predicted octanol–water partition coefficient (Wildman–Crippen LogP) is 31.1. The van der Waals surface area contributed by atoms with Crippen molar-refractivity contribution in [3.63, 3.8) is 0 Å². The Morgan fingerprint density at radius 2 is 0.558 bits per heavy atom. The number of carbonyl (C=O) groups excluding carboxylic acids is 1. The maximum Gasteiger partial charge on any atom is 0.494 e. The van der Waals surface area contributed by atoms with Crippen LogP contribution in [-0.2, 0) is 9.31 Å². The first-order valence-corrected chi connectivity index (χ1v) is 49.9. The van der Waals surface area contributed by atoms with E-state index >= 15 is 0 Å². The molecule has 13 heterocycles. The van der Waals surface area contributed by atoms with Crippen molar-refractivity contribution in [3.05, 3.63) is 440 Å². The van der Waals surface area contributed by atoms with Crippen molar-refractivity contribution in [2.45, 2.75) is 45.8 Å². The normalized spacial score (nSPS) is 12.6. The van der Waals surface area contributed by atoms with E-state index in [4.69, 9.17) is 54.7 Å². The molecule has 0 spiro atoms. The molecule has 1 aliphatic heterocycles. The molecule has 14 aromatic carbocycles. The molecule has 147 heavy (non-hydrogen) atoms. The van der Waals surface area contributed by atoms with E-state index in [2.05, 4.69) is 345 Å². The number of hydrogen-bond donors (Lipinski definition) is 1. The number of carbonyl (C=O) groups is 1. The third kappa shape index (κ3) is 19.4. The highest BCUT2D eigenvalue weighted by Crippen LogP contribution is 2.41. The van der Waals surface area contributed by atoms with Gasteiger partial charge in [0.05, 0.1) is 119 Å². The summed E-state index contributed by atoms with van der Waals surface area (Å²) in [5, 5.41) is 17.8. The Morgan fingerprint density at radius 1 is 0.272 bits per heavy atom. The molecule has 704 valence electrons. The molecule has 1 fully saturated rings. The number of Topliss-reactive ketones (excluding diaryl/α,β-unsaturated/α-hetero) is 1. The second-order valence-corrected chi connectivity index (χ2v) is 39.3. The molecule has 17 nitrogen and oxygen atoms in total. The molecule has 2 N–H and O–H groups in total. The average molecular weight is 2030 g/mol. The summed E-state index contributed by atoms with van der Waals surface area (Å²) in [6.45, 7) is 9.85. The number of ketones is 1. The maximum atomic E-state index is 11.6. The zero-order valence-corrected chi connectivity index (χ0v) is 84.0. The molecule has 0 atom stereocenters. The molecule has 0 unspecified atom stereocenters. The lowest BCUT2D eigenvalue weighted by molar-refractivity contribution is 0.00578. The van der Waals surface area contributed by atoms with E-state index in [0.717, 1.165) is 240 Å². The predicted molar refractivity (Wildman–Crippen MR) is 609 cm³/mol. The zero-order valence-electron chi connectivity index (χ0n) is 80.8. The second-order valence-electron chi connectivity index (χ2n) is 37.4. The van der Waals surface area contributed by atoms with Gasteiger partial charge in [-0.15, -0.1) is 0 Å². The molecule has 1 saturated heterocycles. The Balaban J connectivity index is 0.000000108. The van der Waals surface area contributed by atoms with Crippen molar-refractivity contribution in [1.82, 2.24) is 59.8 Å². The number of nitrogens with two attached hydrogens (primary N) is 1. The van der Waals surface area contributed by atoms with Crippen LogP contribution in [0.1, 0.15) is 45.0 Å². The van der Waals surface area contributed by atoms with Crippen molar-refractivity contribution < 1.29 is 18.8 Å². The van der Waals surface area contributed by atoms with Crippen molar-refractivity contribution in [2.75, 3.05) is 12.8 Å². The highest BCUT2D eigenvalue weighted by molar-refractivity contribution is 9.10. The zero-order chi connectivity index (χ0) is 100.0. The largest absolute Gasteiger partial charge is 0.495 e. The van der Waals surface area contributed by atoms with Crippen LogP contribution in [0.4, 0.5) is 5.69 Å². The van der Waals surface area contributed by atoms with E-state index in [1.807, 2.05) is 128 Å². The Kier molecular flexibility index (Phi) is 25.1. The van der Waals surface area contributed by atoms with Gasteiger partial charge in [0.1, 0.15) is 5.75 Å². The van der Waals surface area contributed by atoms with Crippen molar-refractivity contribution in [3.8, 4) is 95.7 Å². The van der Waals surface area contributed by atoms with Gasteiger partial charge in [-0.1, -0.05) is 226 Å². The van der Waals surface area contributed by atoms with E-state index in [-0.39, 0.29) is 24.1 Å². The molecule has 26 aromatic rings. The fourth-order valence-corrected chi connectivity index (χ4v) is 19.5. The summed E-state index contributed by atoms with van der Waals surface area (Å²) in [4.78, 5) is 68.0. The standard InChI is InChI=1S/C45H27N5.C31H18BrN3.C24H16N2O.C20H21BN2O2.C7H8BrNO/c1-2-29-3-4-30-9-14-43(50-45(30)44(29)47-21-1)36-8-6-31-24-35(7-5-32(31)25-36)42-18-13-38-27-34(11-16-41(38)49-42)33-10-15-40-37(26-33)12-17-39(48-40)28-19-22-46-23-20-28;32-26-11-14-28-25(18-26)10-13-27(34-28)23-7-5-22-17-24(8-6-21(22)16-23)29-12-9-20-4-3-19-2-1-15-33-30(19)31(20)35-29;1-15(27)18-6-7-20-14-21(9-8-19(20)13-18)22-11-10-17-5-4-16-3-2-12-25-23(16)24(17)26-22;1-19(2)20(3,4)25-21(24-19)16-6-8-18-15(13-16)5-7-17(23-18)14-9-11-22-12-10-14;1-10-7-4-5(8)2-3-6(7)9/h1-27H;1-18H;2-14H,1H3;5-13H,1-4H3;2-4H,9H2,1H3. The summed E-state index contributed by atoms with van der Waals surface area (Å²) < 4.78 is 19.3. The lowest BCUT2D eigenvalue weighted by atomic mass is 9.78. The van der Waals surface area contributed by atoms with Gasteiger partial charge >= 0.3 is 7.12 Å². The van der Waals surface area contributed by atoms with Gasteiger partial charge in [0.15, 0.2) is 5.78 Å². The third-order valence-electron chi connectivity index (χ3n) is 27.5. The minimum absolute atomic E-state index is 0.0801. The number of rotatable bonds is 11. The SMILES string of the molecule is Brc1ccc2nc(-c3ccc4cc(-c5ccc6ccc7cccnc7c6n5)ccc4c3)ccc2c1.CC(=O)c1ccc2cc(-c3ccc4ccc5cccnc5c4n3)ccc2c1.CC1(C)OB(c2ccc3nc(-c4ccncc4)ccc3c2)OC1(C)C.COc1cc(Br)ccc1N.c1cnc2c(c1)ccc1ccc(-c3ccc4cc(-c5ccc6cc(-c7ccc8nc(-c9ccncc9)ccc8c7)ccc6n5)ccc4c3)nc12. The van der Waals surface area contributed by atoms with Crippen molar-refractivity contribution in [1.29, 1.82) is 0 Å². The summed E-state index contributed by atoms with van der Waals surface area (Å²) in [6.07, 6.45) is 12.6. The summed E-state index contributed by atoms with van der Waals surface area (Å²) in [5.74, 6) is 0.783. The summed E-state index contributed by atoms with van der Waals surface area (Å²) in [6, 6.07) is 131. The first kappa shape index (κ1) is 93.1. The summed E-state index contributed by atoms with van der Waals surface area (Å²) in [5.41, 5.74) is 33.2. The van der Waals surface area contributed by atoms with E-state index in [1.54, 1.807) is 51.1 Å². The Labute approximate surface area is 863 Å². The number of nitrogens with zero attached hydrogens (tertiary/aromatic N) is 12. The van der Waals surface area contributed by atoms with Gasteiger partial charge < -0.3 is 19.8 Å². The molecule has 20 heteroatoms. The lowest BCUT2D eigenvalue weighted by Crippen LogP contribution is -2.41. The molecule has 0 amide bonds. The van der Waals surface area contributed by atoms with Crippen LogP contribution in [0.5, 0.6) is 5.75 Å². The van der Waals surface area contributed by atoms with Crippen LogP contribution >= 0.6 is 31.9 Å². The van der Waals surface area contributed by atoms with Crippen LogP contribution < -0.4 is 15.9 Å². The van der Waals surface area contributed by atoms with Crippen LogP contribution in [0, 0.1) is 0 Å². The molecular formula is C127H90BBr2N13O4. The van der Waals surface area contributed by atoms with Gasteiger partial charge in [-0.2, -0.15) is 0 Å². The molecule has 1 aliphatic rings. The van der Waals surface area contributed by atoms with Gasteiger partial charge in [0.2, 0.25) is 0 Å². The number of ether oxygens (including phenoxy) is 1. The molecule has 0 bridgehead atoms. The van der Waals surface area contributed by atoms with Crippen LogP contribution in [0.15, 0.2) is 435 Å². The number of hydrogen-bond acceptors (Lipinski definition) is 17. The van der Waals surface area contributed by atoms with Crippen molar-refractivity contribution in [2.24, 2.45) is 0 Å². The topological polar surface area (TPSA) is 225 Å². The van der Waals surface area contributed by atoms with Gasteiger partial charge in [-0.3, -0.25) is 29.7 Å². The summed E-state index contributed by atoms with van der Waals surface area (Å²) >= 11 is 6.83. The fourth-order valence-electron chi connectivity index (χ4n) is 18.8. The number of anilines is 1. The van der Waals surface area contributed by atoms with E-state index in [9.17, 15) is 4.79 Å². The maximum absolute atomic E-state index is 11.6. The molecule has 0 radical (unpaired) electrons. The van der Waals surface area contributed by atoms with Gasteiger partial charge in [0.25, 0.3) is 0 Å². The lowest BCUT2D eigenvalue weighted by Gasteiger charge is -2.32. The van der Waals surface area contributed by atoms with Gasteiger partial charge in [-0.05, 0) is 277 Å². The van der Waals surface area contributed by atoms with Crippen LogP contribution in [0.3, 0.4) is 0 Å². The van der Waals surface area contributed by atoms with Crippen molar-refractivity contribution >= 4 is 197 Å². The highest BCUT2D eigenvalue weighted by Gasteiger charge is 2.52. The number of nitrogen functional groups attached to an aromatic ring is 1. The average Bonchev–Trinajstić information content (AvgIpc) is 1.50. The molecule has 0 saturated carbocycles. The molecule has 0 aliphatic carbocycles. The Bertz CT molecular complexity index is 9690. The second kappa shape index (κ2) is 39.6. The summed E-state index contributed by atoms with van der Waals surface area (Å²) in [7, 11) is 1.24. The molecular weight excluding hydrogens is 1940 g/mol. The minimum atomic E-state index is -0.353. The van der Waals surface area contributed by atoms with Crippen LogP contribution in [0.2, 0.25) is 0 Å². The van der Waals surface area contributed by atoms with Crippen LogP contribution in [0.25, 0.3) is 231 Å². The third-order valence-corrected chi connectivity index (χ3v) is 28.4. The number of halogens is 2. The number of aromatic nitrogens is 12. The smallest absolute Gasteiger partial charge is 0.494 e.